The van der Waals surface area contributed by atoms with Crippen LogP contribution in [0.1, 0.15) is 11.1 Å². The number of nitrogens with one attached hydrogen (secondary N) is 2. The first-order chi connectivity index (χ1) is 16.4. The normalized spacial score (nSPS) is 11.2. The van der Waals surface area contributed by atoms with Crippen LogP contribution in [0.4, 0.5) is 15.9 Å². The second-order valence-electron chi connectivity index (χ2n) is 7.61. The van der Waals surface area contributed by atoms with Gasteiger partial charge in [0.15, 0.2) is 0 Å². The molecule has 0 atom stereocenters. The third-order valence-electron chi connectivity index (χ3n) is 4.90. The fourth-order valence-corrected chi connectivity index (χ4v) is 3.62. The minimum Gasteiger partial charge on any atom is -0.488 e. The number of halogens is 1. The summed E-state index contributed by atoms with van der Waals surface area (Å²) in [5, 5.41) is 3.23. The molecule has 0 fully saturated rings. The lowest BCUT2D eigenvalue weighted by Crippen LogP contribution is -2.21. The van der Waals surface area contributed by atoms with Crippen LogP contribution in [0.25, 0.3) is 11.3 Å². The van der Waals surface area contributed by atoms with E-state index in [0.717, 1.165) is 28.6 Å². The summed E-state index contributed by atoms with van der Waals surface area (Å²) in [5.41, 5.74) is 3.98. The number of ether oxygens (including phenoxy) is 1. The summed E-state index contributed by atoms with van der Waals surface area (Å²) in [4.78, 5) is 8.69. The zero-order valence-corrected chi connectivity index (χ0v) is 19.2. The smallest absolute Gasteiger partial charge is 0.209 e. The summed E-state index contributed by atoms with van der Waals surface area (Å²) in [6, 6.07) is 22.9. The van der Waals surface area contributed by atoms with E-state index in [-0.39, 0.29) is 12.4 Å². The molecule has 4 rings (SSSR count). The van der Waals surface area contributed by atoms with Crippen LogP contribution in [-0.2, 0) is 23.2 Å². The minimum atomic E-state index is -3.25. The van der Waals surface area contributed by atoms with Crippen molar-refractivity contribution >= 4 is 21.5 Å². The van der Waals surface area contributed by atoms with Crippen LogP contribution in [0.15, 0.2) is 85.2 Å². The predicted molar refractivity (Wildman–Crippen MR) is 130 cm³/mol. The number of anilines is 2. The van der Waals surface area contributed by atoms with E-state index < -0.39 is 10.0 Å². The second kappa shape index (κ2) is 10.4. The number of rotatable bonds is 9. The van der Waals surface area contributed by atoms with E-state index in [9.17, 15) is 12.8 Å². The summed E-state index contributed by atoms with van der Waals surface area (Å²) in [6.07, 6.45) is 2.60. The summed E-state index contributed by atoms with van der Waals surface area (Å²) in [6.45, 7) is 0.527. The molecule has 0 aliphatic rings. The summed E-state index contributed by atoms with van der Waals surface area (Å²) in [5.74, 6) is 0.963. The van der Waals surface area contributed by atoms with E-state index in [2.05, 4.69) is 20.0 Å². The number of hydrogen-bond donors (Lipinski definition) is 2. The lowest BCUT2D eigenvalue weighted by atomic mass is 10.1. The van der Waals surface area contributed by atoms with Gasteiger partial charge in [-0.3, -0.25) is 0 Å². The highest BCUT2D eigenvalue weighted by Gasteiger charge is 2.10. The third kappa shape index (κ3) is 6.60. The van der Waals surface area contributed by atoms with Crippen LogP contribution in [0.5, 0.6) is 5.75 Å². The molecule has 9 heteroatoms. The van der Waals surface area contributed by atoms with E-state index in [1.165, 1.54) is 18.5 Å². The van der Waals surface area contributed by atoms with E-state index in [1.54, 1.807) is 12.1 Å². The molecular formula is C25H23FN4O3S. The van der Waals surface area contributed by atoms with Crippen molar-refractivity contribution in [2.24, 2.45) is 0 Å². The Morgan fingerprint density at radius 2 is 1.62 bits per heavy atom. The van der Waals surface area contributed by atoms with Gasteiger partial charge < -0.3 is 10.1 Å². The number of sulfonamides is 1. The lowest BCUT2D eigenvalue weighted by Gasteiger charge is -2.12. The molecule has 0 saturated heterocycles. The van der Waals surface area contributed by atoms with Gasteiger partial charge in [-0.05, 0) is 47.5 Å². The van der Waals surface area contributed by atoms with Crippen molar-refractivity contribution in [2.75, 3.05) is 11.6 Å². The fourth-order valence-electron chi connectivity index (χ4n) is 3.19. The maximum absolute atomic E-state index is 13.1. The molecule has 1 heterocycles. The first-order valence-electron chi connectivity index (χ1n) is 10.4. The van der Waals surface area contributed by atoms with Crippen molar-refractivity contribution in [3.05, 3.63) is 102 Å². The van der Waals surface area contributed by atoms with Crippen molar-refractivity contribution in [1.82, 2.24) is 14.7 Å². The third-order valence-corrected chi connectivity index (χ3v) is 5.57. The maximum Gasteiger partial charge on any atom is 0.209 e. The number of para-hydroxylation sites is 1. The Morgan fingerprint density at radius 1 is 0.912 bits per heavy atom. The summed E-state index contributed by atoms with van der Waals surface area (Å²) < 4.78 is 44.1. The highest BCUT2D eigenvalue weighted by molar-refractivity contribution is 7.88. The second-order valence-corrected chi connectivity index (χ2v) is 9.45. The molecule has 0 aliphatic carbocycles. The molecular weight excluding hydrogens is 455 g/mol. The molecule has 1 aromatic heterocycles. The van der Waals surface area contributed by atoms with Crippen LogP contribution in [0, 0.1) is 5.82 Å². The van der Waals surface area contributed by atoms with Gasteiger partial charge in [0, 0.05) is 23.9 Å². The van der Waals surface area contributed by atoms with Gasteiger partial charge in [-0.25, -0.2) is 27.5 Å². The van der Waals surface area contributed by atoms with Crippen LogP contribution in [0.3, 0.4) is 0 Å². The molecule has 3 aromatic carbocycles. The van der Waals surface area contributed by atoms with Crippen LogP contribution in [0.2, 0.25) is 0 Å². The molecule has 0 spiro atoms. The largest absolute Gasteiger partial charge is 0.488 e. The Bertz CT molecular complexity index is 1360. The maximum atomic E-state index is 13.1. The zero-order valence-electron chi connectivity index (χ0n) is 18.4. The van der Waals surface area contributed by atoms with Crippen molar-refractivity contribution in [3.63, 3.8) is 0 Å². The van der Waals surface area contributed by atoms with Crippen LogP contribution < -0.4 is 14.8 Å². The van der Waals surface area contributed by atoms with E-state index in [1.807, 2.05) is 54.6 Å². The number of nitrogens with zero attached hydrogens (tertiary/aromatic N) is 2. The van der Waals surface area contributed by atoms with Crippen LogP contribution in [-0.4, -0.2) is 24.6 Å². The van der Waals surface area contributed by atoms with E-state index in [0.29, 0.717) is 23.9 Å². The molecule has 0 unspecified atom stereocenters. The Balaban J connectivity index is 1.47. The molecule has 174 valence electrons. The van der Waals surface area contributed by atoms with Gasteiger partial charge in [0.05, 0.1) is 11.9 Å². The van der Waals surface area contributed by atoms with Gasteiger partial charge in [-0.1, -0.05) is 36.4 Å². The summed E-state index contributed by atoms with van der Waals surface area (Å²) >= 11 is 0. The van der Waals surface area contributed by atoms with Gasteiger partial charge in [-0.15, -0.1) is 0 Å². The standard InChI is InChI=1S/C25H23FN4O3S/c1-34(31,32)29-15-18-8-12-21(13-9-18)30-25-14-23(27-17-28-25)22-4-2-3-5-24(22)33-16-19-6-10-20(26)11-7-19/h2-14,17,29H,15-16H2,1H3,(H,27,28,30). The highest BCUT2D eigenvalue weighted by atomic mass is 32.2. The van der Waals surface area contributed by atoms with Crippen molar-refractivity contribution < 1.29 is 17.5 Å². The molecule has 4 aromatic rings. The molecule has 7 nitrogen and oxygen atoms in total. The zero-order chi connectivity index (χ0) is 24.0. The highest BCUT2D eigenvalue weighted by Crippen LogP contribution is 2.30. The molecule has 0 aliphatic heterocycles. The van der Waals surface area contributed by atoms with Gasteiger partial charge in [-0.2, -0.15) is 0 Å². The number of benzene rings is 3. The quantitative estimate of drug-likeness (QED) is 0.364. The topological polar surface area (TPSA) is 93.2 Å². The molecule has 0 radical (unpaired) electrons. The first kappa shape index (κ1) is 23.3. The monoisotopic (exact) mass is 478 g/mol. The fraction of sp³-hybridized carbons (Fsp3) is 0.120. The van der Waals surface area contributed by atoms with Gasteiger partial charge in [0.25, 0.3) is 0 Å². The molecule has 0 amide bonds. The minimum absolute atomic E-state index is 0.228. The molecule has 0 bridgehead atoms. The lowest BCUT2D eigenvalue weighted by molar-refractivity contribution is 0.307. The van der Waals surface area contributed by atoms with E-state index in [4.69, 9.17) is 4.74 Å². The Kier molecular flexibility index (Phi) is 7.15. The number of aromatic nitrogens is 2. The SMILES string of the molecule is CS(=O)(=O)NCc1ccc(Nc2cc(-c3ccccc3OCc3ccc(F)cc3)ncn2)cc1. The van der Waals surface area contributed by atoms with Gasteiger partial charge in [0.2, 0.25) is 10.0 Å². The van der Waals surface area contributed by atoms with E-state index >= 15 is 0 Å². The average molecular weight is 479 g/mol. The van der Waals surface area contributed by atoms with Crippen molar-refractivity contribution in [3.8, 4) is 17.0 Å². The predicted octanol–water partition coefficient (Wildman–Crippen LogP) is 4.65. The number of hydrogen-bond acceptors (Lipinski definition) is 6. The Hall–Kier alpha value is -3.82. The van der Waals surface area contributed by atoms with Gasteiger partial charge >= 0.3 is 0 Å². The van der Waals surface area contributed by atoms with Gasteiger partial charge in [0.1, 0.15) is 30.3 Å². The molecule has 2 N–H and O–H groups in total. The van der Waals surface area contributed by atoms with Crippen LogP contribution >= 0.6 is 0 Å². The molecule has 0 saturated carbocycles. The average Bonchev–Trinajstić information content (AvgIpc) is 2.83. The van der Waals surface area contributed by atoms with Crippen molar-refractivity contribution in [1.29, 1.82) is 0 Å². The van der Waals surface area contributed by atoms with Crippen molar-refractivity contribution in [2.45, 2.75) is 13.2 Å². The Labute approximate surface area is 197 Å². The molecule has 34 heavy (non-hydrogen) atoms. The summed E-state index contributed by atoms with van der Waals surface area (Å²) in [7, 11) is -3.25. The Morgan fingerprint density at radius 3 is 2.35 bits per heavy atom. The first-order valence-corrected chi connectivity index (χ1v) is 12.3.